The molecule has 0 saturated carbocycles. The normalized spacial score (nSPS) is 24.5. The summed E-state index contributed by atoms with van der Waals surface area (Å²) in [5.74, 6) is 0.262. The highest BCUT2D eigenvalue weighted by molar-refractivity contribution is 5.66. The lowest BCUT2D eigenvalue weighted by molar-refractivity contribution is -0.168. The number of carbonyl (C=O) groups is 1. The van der Waals surface area contributed by atoms with Gasteiger partial charge in [0.05, 0.1) is 19.6 Å². The Morgan fingerprint density at radius 2 is 2.15 bits per heavy atom. The zero-order valence-corrected chi connectivity index (χ0v) is 15.8. The summed E-state index contributed by atoms with van der Waals surface area (Å²) in [6.45, 7) is 4.57. The van der Waals surface area contributed by atoms with Crippen molar-refractivity contribution in [2.45, 2.75) is 56.8 Å². The maximum absolute atomic E-state index is 10.8. The van der Waals surface area contributed by atoms with Gasteiger partial charge in [0.15, 0.2) is 6.29 Å². The lowest BCUT2D eigenvalue weighted by Crippen LogP contribution is -2.44. The minimum absolute atomic E-state index is 0.0746. The number of rotatable bonds is 6. The molecule has 4 rings (SSSR count). The number of ether oxygens (including phenoxy) is 3. The highest BCUT2D eigenvalue weighted by atomic mass is 16.7. The van der Waals surface area contributed by atoms with Gasteiger partial charge in [-0.2, -0.15) is 0 Å². The van der Waals surface area contributed by atoms with Crippen LogP contribution in [0, 0.1) is 0 Å². The first-order valence-corrected chi connectivity index (χ1v) is 10.1. The summed E-state index contributed by atoms with van der Waals surface area (Å²) in [7, 11) is 0. The molecule has 6 nitrogen and oxygen atoms in total. The molecule has 1 spiro atoms. The first-order valence-electron chi connectivity index (χ1n) is 10.1. The van der Waals surface area contributed by atoms with Gasteiger partial charge < -0.3 is 24.2 Å². The molecular formula is C21H29NO5. The molecule has 3 heterocycles. The third kappa shape index (κ3) is 4.28. The second-order valence-electron chi connectivity index (χ2n) is 7.99. The molecule has 27 heavy (non-hydrogen) atoms. The summed E-state index contributed by atoms with van der Waals surface area (Å²) >= 11 is 0. The van der Waals surface area contributed by atoms with Gasteiger partial charge >= 0.3 is 5.97 Å². The number of nitrogens with zero attached hydrogens (tertiary/aromatic N) is 1. The van der Waals surface area contributed by atoms with Crippen molar-refractivity contribution in [1.29, 1.82) is 0 Å². The van der Waals surface area contributed by atoms with Gasteiger partial charge in [0.25, 0.3) is 0 Å². The third-order valence-electron chi connectivity index (χ3n) is 6.15. The van der Waals surface area contributed by atoms with Crippen molar-refractivity contribution in [3.8, 4) is 5.75 Å². The van der Waals surface area contributed by atoms with Crippen LogP contribution in [0.2, 0.25) is 0 Å². The zero-order valence-electron chi connectivity index (χ0n) is 15.8. The number of carboxylic acids is 1. The maximum Gasteiger partial charge on any atom is 0.304 e. The third-order valence-corrected chi connectivity index (χ3v) is 6.15. The van der Waals surface area contributed by atoms with Gasteiger partial charge in [-0.05, 0) is 56.8 Å². The molecule has 148 valence electrons. The van der Waals surface area contributed by atoms with Crippen LogP contribution in [-0.4, -0.2) is 55.1 Å². The van der Waals surface area contributed by atoms with Crippen LogP contribution in [0.5, 0.6) is 5.75 Å². The largest absolute Gasteiger partial charge is 0.492 e. The minimum Gasteiger partial charge on any atom is -0.492 e. The molecular weight excluding hydrogens is 346 g/mol. The number of hydrogen-bond donors (Lipinski definition) is 1. The summed E-state index contributed by atoms with van der Waals surface area (Å²) in [5.41, 5.74) is 2.51. The fraction of sp³-hybridized carbons (Fsp3) is 0.667. The van der Waals surface area contributed by atoms with Gasteiger partial charge in [-0.15, -0.1) is 0 Å². The van der Waals surface area contributed by atoms with Gasteiger partial charge in [0, 0.05) is 24.1 Å². The second-order valence-corrected chi connectivity index (χ2v) is 7.99. The van der Waals surface area contributed by atoms with Gasteiger partial charge in [-0.25, -0.2) is 0 Å². The van der Waals surface area contributed by atoms with E-state index in [0.717, 1.165) is 63.3 Å². The Morgan fingerprint density at radius 3 is 2.89 bits per heavy atom. The molecule has 3 aliphatic heterocycles. The van der Waals surface area contributed by atoms with Crippen molar-refractivity contribution < 1.29 is 24.1 Å². The monoisotopic (exact) mass is 375 g/mol. The molecule has 3 aliphatic rings. The summed E-state index contributed by atoms with van der Waals surface area (Å²) < 4.78 is 17.6. The zero-order chi connectivity index (χ0) is 18.7. The van der Waals surface area contributed by atoms with E-state index in [1.54, 1.807) is 0 Å². The smallest absolute Gasteiger partial charge is 0.304 e. The summed E-state index contributed by atoms with van der Waals surface area (Å²) in [6, 6.07) is 6.47. The van der Waals surface area contributed by atoms with Gasteiger partial charge in [0.1, 0.15) is 5.75 Å². The quantitative estimate of drug-likeness (QED) is 0.825. The van der Waals surface area contributed by atoms with Crippen LogP contribution < -0.4 is 4.74 Å². The summed E-state index contributed by atoms with van der Waals surface area (Å²) in [6.07, 6.45) is 5.45. The lowest BCUT2D eigenvalue weighted by Gasteiger charge is -2.38. The standard InChI is InChI=1S/C21H29NO5/c23-19(24)6-9-22-10-7-21(8-11-22)15-27-18-13-16(4-5-17(18)21)14-26-20-3-1-2-12-25-20/h4-5,13,20H,1-3,6-12,14-15H2,(H,23,24). The van der Waals surface area contributed by atoms with Crippen LogP contribution in [0.1, 0.15) is 49.7 Å². The number of aliphatic carboxylic acids is 1. The summed E-state index contributed by atoms with van der Waals surface area (Å²) in [5, 5.41) is 8.87. The first-order chi connectivity index (χ1) is 13.1. The molecule has 1 unspecified atom stereocenters. The molecule has 2 saturated heterocycles. The fourth-order valence-corrected chi connectivity index (χ4v) is 4.41. The van der Waals surface area contributed by atoms with Crippen molar-refractivity contribution in [2.75, 3.05) is 32.8 Å². The molecule has 2 fully saturated rings. The number of likely N-dealkylation sites (tertiary alicyclic amines) is 1. The Kier molecular flexibility index (Phi) is 5.66. The van der Waals surface area contributed by atoms with E-state index in [1.165, 1.54) is 12.0 Å². The number of hydrogen-bond acceptors (Lipinski definition) is 5. The van der Waals surface area contributed by atoms with E-state index in [1.807, 2.05) is 0 Å². The van der Waals surface area contributed by atoms with Crippen LogP contribution in [0.4, 0.5) is 0 Å². The molecule has 1 aromatic rings. The Balaban J connectivity index is 1.35. The van der Waals surface area contributed by atoms with E-state index in [-0.39, 0.29) is 18.1 Å². The van der Waals surface area contributed by atoms with Gasteiger partial charge in [0.2, 0.25) is 0 Å². The fourth-order valence-electron chi connectivity index (χ4n) is 4.41. The molecule has 0 aromatic heterocycles. The Hall–Kier alpha value is -1.63. The Labute approximate surface area is 160 Å². The predicted octanol–water partition coefficient (Wildman–Crippen LogP) is 2.93. The molecule has 0 amide bonds. The molecule has 6 heteroatoms. The van der Waals surface area contributed by atoms with Crippen LogP contribution in [-0.2, 0) is 26.3 Å². The number of carboxylic acid groups (broad SMARTS) is 1. The van der Waals surface area contributed by atoms with Crippen molar-refractivity contribution in [1.82, 2.24) is 4.90 Å². The Bertz CT molecular complexity index is 663. The van der Waals surface area contributed by atoms with Gasteiger partial charge in [-0.3, -0.25) is 4.79 Å². The highest BCUT2D eigenvalue weighted by Gasteiger charge is 2.43. The predicted molar refractivity (Wildman–Crippen MR) is 99.9 cm³/mol. The molecule has 0 aliphatic carbocycles. The van der Waals surface area contributed by atoms with E-state index in [0.29, 0.717) is 13.2 Å². The van der Waals surface area contributed by atoms with Gasteiger partial charge in [-0.1, -0.05) is 12.1 Å². The lowest BCUT2D eigenvalue weighted by atomic mass is 9.74. The SMILES string of the molecule is O=C(O)CCN1CCC2(CC1)COc1cc(COC3CCCCO3)ccc12. The minimum atomic E-state index is -0.724. The van der Waals surface area contributed by atoms with Crippen molar-refractivity contribution in [3.05, 3.63) is 29.3 Å². The Morgan fingerprint density at radius 1 is 1.30 bits per heavy atom. The summed E-state index contributed by atoms with van der Waals surface area (Å²) in [4.78, 5) is 13.0. The maximum atomic E-state index is 10.8. The second kappa shape index (κ2) is 8.17. The van der Waals surface area contributed by atoms with Crippen molar-refractivity contribution in [3.63, 3.8) is 0 Å². The average molecular weight is 375 g/mol. The van der Waals surface area contributed by atoms with Crippen LogP contribution in [0.25, 0.3) is 0 Å². The number of piperidine rings is 1. The topological polar surface area (TPSA) is 68.2 Å². The number of fused-ring (bicyclic) bond motifs is 2. The average Bonchev–Trinajstić information content (AvgIpc) is 3.04. The molecule has 1 aromatic carbocycles. The van der Waals surface area contributed by atoms with Crippen LogP contribution in [0.15, 0.2) is 18.2 Å². The van der Waals surface area contributed by atoms with Crippen molar-refractivity contribution in [2.24, 2.45) is 0 Å². The van der Waals surface area contributed by atoms with Crippen LogP contribution in [0.3, 0.4) is 0 Å². The van der Waals surface area contributed by atoms with E-state index in [2.05, 4.69) is 23.1 Å². The molecule has 0 bridgehead atoms. The van der Waals surface area contributed by atoms with E-state index in [4.69, 9.17) is 19.3 Å². The highest BCUT2D eigenvalue weighted by Crippen LogP contribution is 2.45. The van der Waals surface area contributed by atoms with Crippen LogP contribution >= 0.6 is 0 Å². The first kappa shape index (κ1) is 18.7. The molecule has 1 atom stereocenters. The van der Waals surface area contributed by atoms with E-state index in [9.17, 15) is 4.79 Å². The number of benzene rings is 1. The van der Waals surface area contributed by atoms with E-state index >= 15 is 0 Å². The van der Waals surface area contributed by atoms with Crippen molar-refractivity contribution >= 4 is 5.97 Å². The van der Waals surface area contributed by atoms with E-state index < -0.39 is 5.97 Å². The molecule has 1 N–H and O–H groups in total. The molecule has 0 radical (unpaired) electrons.